The maximum Gasteiger partial charge on any atom is 0.321 e. The summed E-state index contributed by atoms with van der Waals surface area (Å²) in [6, 6.07) is 5.42. The van der Waals surface area contributed by atoms with Crippen LogP contribution in [0, 0.1) is 11.7 Å². The van der Waals surface area contributed by atoms with Crippen molar-refractivity contribution in [2.24, 2.45) is 11.7 Å². The van der Waals surface area contributed by atoms with Gasteiger partial charge in [-0.2, -0.15) is 0 Å². The van der Waals surface area contributed by atoms with Gasteiger partial charge in [0, 0.05) is 25.2 Å². The molecule has 0 spiro atoms. The molecular weight excluding hydrogens is 277 g/mol. The standard InChI is InChI=1S/C14H20FN3OS/c1-10(2)9-18(8-7-13(16)20)14(19)17-12-5-3-11(15)4-6-12/h3-6,10H,7-9H2,1-2H3,(H2,16,20)(H,17,19). The lowest BCUT2D eigenvalue weighted by molar-refractivity contribution is 0.206. The molecule has 0 aliphatic heterocycles. The van der Waals surface area contributed by atoms with Crippen LogP contribution in [-0.4, -0.2) is 29.0 Å². The Bertz CT molecular complexity index is 462. The number of carbonyl (C=O) groups is 1. The average Bonchev–Trinajstić information content (AvgIpc) is 2.36. The normalized spacial score (nSPS) is 10.4. The molecule has 0 aliphatic rings. The maximum absolute atomic E-state index is 12.8. The Labute approximate surface area is 124 Å². The van der Waals surface area contributed by atoms with Crippen molar-refractivity contribution in [1.82, 2.24) is 4.90 Å². The quantitative estimate of drug-likeness (QED) is 0.794. The van der Waals surface area contributed by atoms with Gasteiger partial charge >= 0.3 is 6.03 Å². The van der Waals surface area contributed by atoms with Crippen LogP contribution in [-0.2, 0) is 0 Å². The Morgan fingerprint density at radius 3 is 2.50 bits per heavy atom. The summed E-state index contributed by atoms with van der Waals surface area (Å²) < 4.78 is 12.8. The molecule has 1 rings (SSSR count). The van der Waals surface area contributed by atoms with Gasteiger partial charge in [0.05, 0.1) is 4.99 Å². The fourth-order valence-electron chi connectivity index (χ4n) is 1.70. The Hall–Kier alpha value is -1.69. The zero-order valence-corrected chi connectivity index (χ0v) is 12.5. The van der Waals surface area contributed by atoms with Crippen LogP contribution in [0.3, 0.4) is 0 Å². The molecule has 110 valence electrons. The monoisotopic (exact) mass is 297 g/mol. The van der Waals surface area contributed by atoms with Crippen molar-refractivity contribution < 1.29 is 9.18 Å². The highest BCUT2D eigenvalue weighted by Crippen LogP contribution is 2.10. The predicted octanol–water partition coefficient (Wildman–Crippen LogP) is 2.99. The van der Waals surface area contributed by atoms with Crippen molar-refractivity contribution in [2.75, 3.05) is 18.4 Å². The number of halogens is 1. The fraction of sp³-hybridized carbons (Fsp3) is 0.429. The molecule has 0 saturated carbocycles. The van der Waals surface area contributed by atoms with Crippen LogP contribution >= 0.6 is 12.2 Å². The lowest BCUT2D eigenvalue weighted by Crippen LogP contribution is -2.39. The molecule has 0 radical (unpaired) electrons. The molecule has 0 atom stereocenters. The van der Waals surface area contributed by atoms with E-state index in [1.165, 1.54) is 24.3 Å². The molecule has 0 bridgehead atoms. The zero-order chi connectivity index (χ0) is 15.1. The van der Waals surface area contributed by atoms with E-state index in [4.69, 9.17) is 18.0 Å². The van der Waals surface area contributed by atoms with Crippen LogP contribution < -0.4 is 11.1 Å². The topological polar surface area (TPSA) is 58.4 Å². The van der Waals surface area contributed by atoms with Crippen molar-refractivity contribution in [3.05, 3.63) is 30.1 Å². The predicted molar refractivity (Wildman–Crippen MR) is 83.2 cm³/mol. The summed E-state index contributed by atoms with van der Waals surface area (Å²) in [5, 5.41) is 2.73. The Balaban J connectivity index is 2.66. The van der Waals surface area contributed by atoms with Crippen LogP contribution in [0.5, 0.6) is 0 Å². The highest BCUT2D eigenvalue weighted by atomic mass is 32.1. The molecule has 3 N–H and O–H groups in total. The average molecular weight is 297 g/mol. The Kier molecular flexibility index (Phi) is 6.38. The van der Waals surface area contributed by atoms with Crippen LogP contribution in [0.4, 0.5) is 14.9 Å². The molecule has 6 heteroatoms. The van der Waals surface area contributed by atoms with Gasteiger partial charge in [-0.25, -0.2) is 9.18 Å². The summed E-state index contributed by atoms with van der Waals surface area (Å²) in [6.07, 6.45) is 0.485. The summed E-state index contributed by atoms with van der Waals surface area (Å²) in [5.41, 5.74) is 6.03. The van der Waals surface area contributed by atoms with Crippen LogP contribution in [0.15, 0.2) is 24.3 Å². The second kappa shape index (κ2) is 7.79. The van der Waals surface area contributed by atoms with Gasteiger partial charge in [0.2, 0.25) is 0 Å². The van der Waals surface area contributed by atoms with Gasteiger partial charge < -0.3 is 16.0 Å². The molecule has 2 amide bonds. The van der Waals surface area contributed by atoms with Crippen LogP contribution in [0.2, 0.25) is 0 Å². The second-order valence-corrected chi connectivity index (χ2v) is 5.52. The summed E-state index contributed by atoms with van der Waals surface area (Å²) in [4.78, 5) is 14.2. The highest BCUT2D eigenvalue weighted by Gasteiger charge is 2.15. The fourth-order valence-corrected chi connectivity index (χ4v) is 1.79. The number of carbonyl (C=O) groups excluding carboxylic acids is 1. The van der Waals surface area contributed by atoms with Gasteiger partial charge in [-0.05, 0) is 30.2 Å². The molecular formula is C14H20FN3OS. The van der Waals surface area contributed by atoms with E-state index in [1.54, 1.807) is 4.90 Å². The summed E-state index contributed by atoms with van der Waals surface area (Å²) in [7, 11) is 0. The number of thiocarbonyl (C=S) groups is 1. The number of rotatable bonds is 6. The van der Waals surface area contributed by atoms with E-state index in [-0.39, 0.29) is 11.8 Å². The molecule has 0 aromatic heterocycles. The van der Waals surface area contributed by atoms with E-state index < -0.39 is 0 Å². The van der Waals surface area contributed by atoms with Crippen molar-refractivity contribution in [1.29, 1.82) is 0 Å². The third kappa shape index (κ3) is 5.97. The van der Waals surface area contributed by atoms with E-state index >= 15 is 0 Å². The number of nitrogens with one attached hydrogen (secondary N) is 1. The lowest BCUT2D eigenvalue weighted by atomic mass is 10.2. The molecule has 0 heterocycles. The minimum Gasteiger partial charge on any atom is -0.393 e. The van der Waals surface area contributed by atoms with Crippen molar-refractivity contribution >= 4 is 28.9 Å². The number of benzene rings is 1. The SMILES string of the molecule is CC(C)CN(CCC(N)=S)C(=O)Nc1ccc(F)cc1. The third-order valence-electron chi connectivity index (χ3n) is 2.60. The molecule has 4 nitrogen and oxygen atoms in total. The Morgan fingerprint density at radius 1 is 1.40 bits per heavy atom. The van der Waals surface area contributed by atoms with Crippen molar-refractivity contribution in [2.45, 2.75) is 20.3 Å². The highest BCUT2D eigenvalue weighted by molar-refractivity contribution is 7.80. The molecule has 0 aliphatic carbocycles. The third-order valence-corrected chi connectivity index (χ3v) is 2.80. The van der Waals surface area contributed by atoms with Gasteiger partial charge in [0.1, 0.15) is 5.82 Å². The first-order chi connectivity index (χ1) is 9.38. The summed E-state index contributed by atoms with van der Waals surface area (Å²) in [6.45, 7) is 5.13. The largest absolute Gasteiger partial charge is 0.393 e. The number of nitrogens with zero attached hydrogens (tertiary/aromatic N) is 1. The maximum atomic E-state index is 12.8. The Morgan fingerprint density at radius 2 is 2.00 bits per heavy atom. The summed E-state index contributed by atoms with van der Waals surface area (Å²) >= 11 is 4.84. The molecule has 0 unspecified atom stereocenters. The molecule has 20 heavy (non-hydrogen) atoms. The number of amides is 2. The number of urea groups is 1. The molecule has 0 saturated heterocycles. The van der Waals surface area contributed by atoms with Gasteiger partial charge in [0.25, 0.3) is 0 Å². The second-order valence-electron chi connectivity index (χ2n) is 4.99. The summed E-state index contributed by atoms with van der Waals surface area (Å²) in [5.74, 6) is -0.00386. The van der Waals surface area contributed by atoms with Crippen molar-refractivity contribution in [3.63, 3.8) is 0 Å². The van der Waals surface area contributed by atoms with Crippen LogP contribution in [0.1, 0.15) is 20.3 Å². The van der Waals surface area contributed by atoms with Crippen molar-refractivity contribution in [3.8, 4) is 0 Å². The molecule has 0 fully saturated rings. The minimum atomic E-state index is -0.337. The molecule has 1 aromatic carbocycles. The van der Waals surface area contributed by atoms with E-state index in [1.807, 2.05) is 13.8 Å². The van der Waals surface area contributed by atoms with E-state index in [2.05, 4.69) is 5.32 Å². The van der Waals surface area contributed by atoms with Gasteiger partial charge in [-0.15, -0.1) is 0 Å². The zero-order valence-electron chi connectivity index (χ0n) is 11.7. The molecule has 1 aromatic rings. The first-order valence-electron chi connectivity index (χ1n) is 6.48. The number of nitrogens with two attached hydrogens (primary N) is 1. The van der Waals surface area contributed by atoms with E-state index in [0.29, 0.717) is 36.1 Å². The van der Waals surface area contributed by atoms with E-state index in [9.17, 15) is 9.18 Å². The smallest absolute Gasteiger partial charge is 0.321 e. The lowest BCUT2D eigenvalue weighted by Gasteiger charge is -2.24. The van der Waals surface area contributed by atoms with E-state index in [0.717, 1.165) is 0 Å². The first kappa shape index (κ1) is 16.4. The minimum absolute atomic E-state index is 0.235. The van der Waals surface area contributed by atoms with Gasteiger partial charge in [0.15, 0.2) is 0 Å². The number of hydrogen-bond acceptors (Lipinski definition) is 2. The number of hydrogen-bond donors (Lipinski definition) is 2. The first-order valence-corrected chi connectivity index (χ1v) is 6.89. The van der Waals surface area contributed by atoms with Crippen LogP contribution in [0.25, 0.3) is 0 Å². The van der Waals surface area contributed by atoms with Gasteiger partial charge in [-0.1, -0.05) is 26.1 Å². The number of anilines is 1. The van der Waals surface area contributed by atoms with Gasteiger partial charge in [-0.3, -0.25) is 0 Å².